The molecule has 0 aromatic heterocycles. The van der Waals surface area contributed by atoms with E-state index in [0.29, 0.717) is 24.1 Å². The van der Waals surface area contributed by atoms with Crippen molar-refractivity contribution < 1.29 is 19.5 Å². The highest BCUT2D eigenvalue weighted by Gasteiger charge is 2.37. The van der Waals surface area contributed by atoms with Gasteiger partial charge in [0.2, 0.25) is 5.91 Å². The van der Waals surface area contributed by atoms with Crippen LogP contribution in [0.15, 0.2) is 24.3 Å². The summed E-state index contributed by atoms with van der Waals surface area (Å²) in [5.74, 6) is -1.26. The summed E-state index contributed by atoms with van der Waals surface area (Å²) in [6.07, 6.45) is 2.81. The van der Waals surface area contributed by atoms with Gasteiger partial charge in [0.25, 0.3) is 5.91 Å². The maximum absolute atomic E-state index is 12.3. The second-order valence-electron chi connectivity index (χ2n) is 6.59. The third-order valence-corrected chi connectivity index (χ3v) is 5.12. The molecule has 0 aliphatic carbocycles. The number of carbonyl (C=O) groups is 3. The van der Waals surface area contributed by atoms with E-state index in [9.17, 15) is 19.5 Å². The monoisotopic (exact) mass is 346 g/mol. The van der Waals surface area contributed by atoms with Gasteiger partial charge in [0.05, 0.1) is 5.41 Å². The van der Waals surface area contributed by atoms with Crippen molar-refractivity contribution in [3.63, 3.8) is 0 Å². The second-order valence-corrected chi connectivity index (χ2v) is 6.59. The average Bonchev–Trinajstić information content (AvgIpc) is 3.14. The zero-order chi connectivity index (χ0) is 18.4. The van der Waals surface area contributed by atoms with E-state index in [1.165, 1.54) is 0 Å². The number of nitrogens with zero attached hydrogens (tertiary/aromatic N) is 1. The summed E-state index contributed by atoms with van der Waals surface area (Å²) in [5, 5.41) is 12.1. The summed E-state index contributed by atoms with van der Waals surface area (Å²) < 4.78 is 0. The van der Waals surface area contributed by atoms with Crippen LogP contribution in [0.4, 0.5) is 5.69 Å². The van der Waals surface area contributed by atoms with Crippen molar-refractivity contribution in [3.05, 3.63) is 29.8 Å². The van der Waals surface area contributed by atoms with Crippen molar-refractivity contribution in [2.75, 3.05) is 18.4 Å². The molecule has 1 fully saturated rings. The van der Waals surface area contributed by atoms with E-state index in [1.807, 2.05) is 4.90 Å². The minimum Gasteiger partial charge on any atom is -0.481 e. The zero-order valence-electron chi connectivity index (χ0n) is 14.9. The van der Waals surface area contributed by atoms with Gasteiger partial charge >= 0.3 is 5.97 Å². The third-order valence-electron chi connectivity index (χ3n) is 5.12. The lowest BCUT2D eigenvalue weighted by Crippen LogP contribution is -2.34. The minimum absolute atomic E-state index is 0.0113. The van der Waals surface area contributed by atoms with Gasteiger partial charge in [-0.1, -0.05) is 13.8 Å². The van der Waals surface area contributed by atoms with Crippen LogP contribution < -0.4 is 5.32 Å². The molecule has 0 unspecified atom stereocenters. The van der Waals surface area contributed by atoms with Crippen LogP contribution in [-0.4, -0.2) is 40.9 Å². The molecule has 2 rings (SSSR count). The number of hydrogen-bond donors (Lipinski definition) is 2. The van der Waals surface area contributed by atoms with Gasteiger partial charge in [-0.05, 0) is 49.9 Å². The van der Waals surface area contributed by atoms with E-state index < -0.39 is 11.4 Å². The fourth-order valence-corrected chi connectivity index (χ4v) is 3.19. The van der Waals surface area contributed by atoms with Gasteiger partial charge in [0.1, 0.15) is 0 Å². The van der Waals surface area contributed by atoms with Crippen LogP contribution in [0.25, 0.3) is 0 Å². The van der Waals surface area contributed by atoms with Crippen LogP contribution in [0.3, 0.4) is 0 Å². The molecule has 1 heterocycles. The van der Waals surface area contributed by atoms with Crippen molar-refractivity contribution in [1.82, 2.24) is 4.90 Å². The summed E-state index contributed by atoms with van der Waals surface area (Å²) in [5.41, 5.74) is 0.131. The number of carboxylic acids is 1. The Morgan fingerprint density at radius 2 is 1.64 bits per heavy atom. The van der Waals surface area contributed by atoms with Crippen molar-refractivity contribution in [2.24, 2.45) is 5.41 Å². The van der Waals surface area contributed by atoms with Gasteiger partial charge in [-0.15, -0.1) is 0 Å². The van der Waals surface area contributed by atoms with E-state index in [4.69, 9.17) is 0 Å². The molecule has 2 amide bonds. The highest BCUT2D eigenvalue weighted by molar-refractivity contribution is 5.97. The van der Waals surface area contributed by atoms with Crippen LogP contribution in [0.2, 0.25) is 0 Å². The Balaban J connectivity index is 1.99. The first-order valence-electron chi connectivity index (χ1n) is 8.84. The minimum atomic E-state index is -1.03. The zero-order valence-corrected chi connectivity index (χ0v) is 14.9. The molecule has 0 bridgehead atoms. The molecule has 1 aliphatic rings. The Morgan fingerprint density at radius 3 is 2.12 bits per heavy atom. The Morgan fingerprint density at radius 1 is 1.08 bits per heavy atom. The Kier molecular flexibility index (Phi) is 6.17. The van der Waals surface area contributed by atoms with E-state index in [0.717, 1.165) is 25.9 Å². The number of benzene rings is 1. The van der Waals surface area contributed by atoms with E-state index >= 15 is 0 Å². The van der Waals surface area contributed by atoms with Crippen LogP contribution in [-0.2, 0) is 9.59 Å². The molecule has 1 aromatic rings. The van der Waals surface area contributed by atoms with Crippen LogP contribution in [0.1, 0.15) is 56.3 Å². The Bertz CT molecular complexity index is 629. The van der Waals surface area contributed by atoms with Crippen LogP contribution in [0.5, 0.6) is 0 Å². The van der Waals surface area contributed by atoms with Gasteiger partial charge in [-0.3, -0.25) is 14.4 Å². The maximum atomic E-state index is 12.3. The number of rotatable bonds is 7. The molecule has 1 aliphatic heterocycles. The largest absolute Gasteiger partial charge is 0.481 e. The smallest absolute Gasteiger partial charge is 0.310 e. The van der Waals surface area contributed by atoms with Gasteiger partial charge < -0.3 is 15.3 Å². The molecule has 25 heavy (non-hydrogen) atoms. The van der Waals surface area contributed by atoms with Gasteiger partial charge in [0, 0.05) is 30.8 Å². The number of amides is 2. The first kappa shape index (κ1) is 19.0. The molecule has 0 saturated carbocycles. The lowest BCUT2D eigenvalue weighted by atomic mass is 9.79. The fourth-order valence-electron chi connectivity index (χ4n) is 3.19. The average molecular weight is 346 g/mol. The van der Waals surface area contributed by atoms with E-state index in [-0.39, 0.29) is 18.2 Å². The summed E-state index contributed by atoms with van der Waals surface area (Å²) in [6, 6.07) is 6.75. The molecule has 6 heteroatoms. The molecule has 2 N–H and O–H groups in total. The number of carboxylic acid groups (broad SMARTS) is 1. The van der Waals surface area contributed by atoms with Gasteiger partial charge in [-0.25, -0.2) is 0 Å². The molecule has 1 saturated heterocycles. The molecular formula is C19H26N2O4. The van der Waals surface area contributed by atoms with Crippen LogP contribution in [0, 0.1) is 5.41 Å². The highest BCUT2D eigenvalue weighted by Crippen LogP contribution is 2.31. The summed E-state index contributed by atoms with van der Waals surface area (Å²) in [4.78, 5) is 37.8. The predicted molar refractivity (Wildman–Crippen MR) is 95.5 cm³/mol. The highest BCUT2D eigenvalue weighted by atomic mass is 16.4. The first-order valence-corrected chi connectivity index (χ1v) is 8.84. The predicted octanol–water partition coefficient (Wildman–Crippen LogP) is 3.14. The standard InChI is InChI=1S/C19H26N2O4/c1-3-19(4-2,18(24)25)13-16(22)20-15-9-7-14(8-10-15)17(23)21-11-5-6-12-21/h7-10H,3-6,11-13H2,1-2H3,(H,20,22)(H,24,25). The topological polar surface area (TPSA) is 86.7 Å². The molecule has 6 nitrogen and oxygen atoms in total. The fraction of sp³-hybridized carbons (Fsp3) is 0.526. The summed E-state index contributed by atoms with van der Waals surface area (Å²) in [6.45, 7) is 5.15. The lowest BCUT2D eigenvalue weighted by Gasteiger charge is -2.25. The molecule has 0 spiro atoms. The maximum Gasteiger partial charge on any atom is 0.310 e. The lowest BCUT2D eigenvalue weighted by molar-refractivity contribution is -0.151. The van der Waals surface area contributed by atoms with E-state index in [1.54, 1.807) is 38.1 Å². The Labute approximate surface area is 148 Å². The molecule has 136 valence electrons. The summed E-state index contributed by atoms with van der Waals surface area (Å²) >= 11 is 0. The quantitative estimate of drug-likeness (QED) is 0.794. The van der Waals surface area contributed by atoms with Gasteiger partial charge in [0.15, 0.2) is 0 Å². The number of likely N-dealkylation sites (tertiary alicyclic amines) is 1. The number of nitrogens with one attached hydrogen (secondary N) is 1. The number of aliphatic carboxylic acids is 1. The van der Waals surface area contributed by atoms with Crippen molar-refractivity contribution in [1.29, 1.82) is 0 Å². The number of carbonyl (C=O) groups excluding carboxylic acids is 2. The van der Waals surface area contributed by atoms with E-state index in [2.05, 4.69) is 5.32 Å². The number of hydrogen-bond acceptors (Lipinski definition) is 3. The molecule has 0 radical (unpaired) electrons. The number of anilines is 1. The van der Waals surface area contributed by atoms with Gasteiger partial charge in [-0.2, -0.15) is 0 Å². The Hall–Kier alpha value is -2.37. The normalized spacial score (nSPS) is 14.4. The molecule has 1 aromatic carbocycles. The van der Waals surface area contributed by atoms with Crippen molar-refractivity contribution in [2.45, 2.75) is 46.0 Å². The van der Waals surface area contributed by atoms with Crippen LogP contribution >= 0.6 is 0 Å². The summed E-state index contributed by atoms with van der Waals surface area (Å²) in [7, 11) is 0. The second kappa shape index (κ2) is 8.14. The molecule has 0 atom stereocenters. The SMILES string of the molecule is CCC(CC)(CC(=O)Nc1ccc(C(=O)N2CCCC2)cc1)C(=O)O. The van der Waals surface area contributed by atoms with Crippen molar-refractivity contribution >= 4 is 23.5 Å². The molecular weight excluding hydrogens is 320 g/mol. The van der Waals surface area contributed by atoms with Crippen molar-refractivity contribution in [3.8, 4) is 0 Å². The first-order chi connectivity index (χ1) is 11.9. The third kappa shape index (κ3) is 4.38.